The number of likely N-dealkylation sites (N-methyl/N-ethyl adjacent to an activating group) is 1. The van der Waals surface area contributed by atoms with Crippen LogP contribution in [0.2, 0.25) is 0 Å². The van der Waals surface area contributed by atoms with Crippen LogP contribution in [0.3, 0.4) is 0 Å². The maximum Gasteiger partial charge on any atom is 0.306 e. The standard InChI is InChI=1S/C66H113NO8/c1-6-8-10-12-14-16-18-20-22-24-26-28-29-30-31-32-33-34-35-37-39-41-43-45-47-49-51-53-55-57-64(69)75-62(61-74-66(65(70)71)72-59-58-67(3,4)5)60-73-63(68)56-54-52-50-48-46-44-42-40-38-36-27-25-23-21-19-17-15-13-11-9-7-2/h8,10,14,16,20,22,26,28,30-31,33-34,37,39,43,45,62,66H,6-7,9,11-13,15,17-19,21,23-25,27,29,32,35-36,38,40-42,44,46-61H2,1-5H3/b10-8-,16-14-,22-20-,28-26-,31-30-,34-33-,39-37-,45-43-. The Balaban J connectivity index is 4.31. The van der Waals surface area contributed by atoms with Crippen LogP contribution in [0.5, 0.6) is 0 Å². The van der Waals surface area contributed by atoms with Gasteiger partial charge in [0.05, 0.1) is 40.3 Å². The molecular weight excluding hydrogens is 935 g/mol. The summed E-state index contributed by atoms with van der Waals surface area (Å²) in [6.45, 7) is 4.62. The minimum atomic E-state index is -1.63. The Morgan fingerprint density at radius 3 is 1.13 bits per heavy atom. The molecule has 0 rings (SSSR count). The van der Waals surface area contributed by atoms with E-state index in [-0.39, 0.29) is 38.6 Å². The second kappa shape index (κ2) is 56.4. The van der Waals surface area contributed by atoms with Crippen LogP contribution in [0.1, 0.15) is 245 Å². The molecule has 0 fully saturated rings. The Kier molecular flexibility index (Phi) is 53.6. The van der Waals surface area contributed by atoms with E-state index < -0.39 is 24.3 Å². The fourth-order valence-corrected chi connectivity index (χ4v) is 8.20. The van der Waals surface area contributed by atoms with Gasteiger partial charge < -0.3 is 33.3 Å². The number of hydrogen-bond donors (Lipinski definition) is 0. The average molecular weight is 1050 g/mol. The second-order valence-corrected chi connectivity index (χ2v) is 21.3. The molecule has 0 saturated carbocycles. The van der Waals surface area contributed by atoms with Crippen LogP contribution in [0.4, 0.5) is 0 Å². The van der Waals surface area contributed by atoms with Gasteiger partial charge in [0, 0.05) is 12.8 Å². The van der Waals surface area contributed by atoms with Crippen molar-refractivity contribution < 1.29 is 42.9 Å². The van der Waals surface area contributed by atoms with Crippen LogP contribution in [-0.2, 0) is 33.3 Å². The third-order valence-corrected chi connectivity index (χ3v) is 12.8. The van der Waals surface area contributed by atoms with Gasteiger partial charge in [0.15, 0.2) is 12.4 Å². The summed E-state index contributed by atoms with van der Waals surface area (Å²) in [6.07, 6.45) is 73.1. The predicted octanol–water partition coefficient (Wildman–Crippen LogP) is 16.8. The van der Waals surface area contributed by atoms with Crippen molar-refractivity contribution in [2.24, 2.45) is 0 Å². The summed E-state index contributed by atoms with van der Waals surface area (Å²) < 4.78 is 22.7. The molecule has 0 aromatic heterocycles. The summed E-state index contributed by atoms with van der Waals surface area (Å²) in [4.78, 5) is 37.3. The summed E-state index contributed by atoms with van der Waals surface area (Å²) in [6, 6.07) is 0. The molecule has 430 valence electrons. The smallest absolute Gasteiger partial charge is 0.306 e. The molecule has 0 aliphatic heterocycles. The van der Waals surface area contributed by atoms with Crippen molar-refractivity contribution in [1.29, 1.82) is 0 Å². The molecule has 75 heavy (non-hydrogen) atoms. The Bertz CT molecular complexity index is 1550. The lowest BCUT2D eigenvalue weighted by molar-refractivity contribution is -0.870. The van der Waals surface area contributed by atoms with Gasteiger partial charge >= 0.3 is 11.9 Å². The number of quaternary nitrogens is 1. The van der Waals surface area contributed by atoms with Crippen LogP contribution in [0.25, 0.3) is 0 Å². The minimum Gasteiger partial charge on any atom is -0.545 e. The van der Waals surface area contributed by atoms with Crippen LogP contribution >= 0.6 is 0 Å². The largest absolute Gasteiger partial charge is 0.545 e. The molecule has 9 heteroatoms. The highest BCUT2D eigenvalue weighted by Crippen LogP contribution is 2.16. The molecule has 0 spiro atoms. The van der Waals surface area contributed by atoms with E-state index >= 15 is 0 Å². The molecule has 2 atom stereocenters. The Labute approximate surface area is 461 Å². The first kappa shape index (κ1) is 71.2. The topological polar surface area (TPSA) is 111 Å². The third kappa shape index (κ3) is 57.7. The lowest BCUT2D eigenvalue weighted by Crippen LogP contribution is -2.44. The van der Waals surface area contributed by atoms with E-state index in [9.17, 15) is 19.5 Å². The van der Waals surface area contributed by atoms with Gasteiger partial charge in [0.2, 0.25) is 0 Å². The van der Waals surface area contributed by atoms with Crippen molar-refractivity contribution in [1.82, 2.24) is 0 Å². The maximum atomic E-state index is 12.9. The number of hydrogen-bond acceptors (Lipinski definition) is 8. The van der Waals surface area contributed by atoms with E-state index in [1.54, 1.807) is 0 Å². The third-order valence-electron chi connectivity index (χ3n) is 12.8. The molecule has 0 aliphatic rings. The zero-order valence-electron chi connectivity index (χ0n) is 48.9. The van der Waals surface area contributed by atoms with Crippen molar-refractivity contribution in [3.05, 3.63) is 97.2 Å². The molecular formula is C66H113NO8. The minimum absolute atomic E-state index is 0.139. The number of carboxylic acids is 1. The number of unbranched alkanes of at least 4 members (excludes halogenated alkanes) is 24. The number of esters is 2. The normalized spacial score (nSPS) is 13.5. The average Bonchev–Trinajstić information content (AvgIpc) is 3.38. The van der Waals surface area contributed by atoms with Crippen molar-refractivity contribution in [3.63, 3.8) is 0 Å². The van der Waals surface area contributed by atoms with Gasteiger partial charge in [-0.3, -0.25) is 9.59 Å². The van der Waals surface area contributed by atoms with E-state index in [1.807, 2.05) is 21.1 Å². The summed E-state index contributed by atoms with van der Waals surface area (Å²) in [5.41, 5.74) is 0. The highest BCUT2D eigenvalue weighted by atomic mass is 16.7. The van der Waals surface area contributed by atoms with Gasteiger partial charge in [-0.2, -0.15) is 0 Å². The van der Waals surface area contributed by atoms with E-state index in [0.29, 0.717) is 17.4 Å². The van der Waals surface area contributed by atoms with Crippen molar-refractivity contribution in [2.75, 3.05) is 47.5 Å². The second-order valence-electron chi connectivity index (χ2n) is 21.3. The summed E-state index contributed by atoms with van der Waals surface area (Å²) >= 11 is 0. The van der Waals surface area contributed by atoms with Gasteiger partial charge in [0.1, 0.15) is 13.2 Å². The van der Waals surface area contributed by atoms with E-state index in [0.717, 1.165) is 96.3 Å². The van der Waals surface area contributed by atoms with Crippen LogP contribution in [0.15, 0.2) is 97.2 Å². The van der Waals surface area contributed by atoms with Gasteiger partial charge in [0.25, 0.3) is 0 Å². The SMILES string of the molecule is CC/C=C\C/C=C\C/C=C\C/C=C\C/C=C\C/C=C\C/C=C\C/C=C\CCCCCCC(=O)OC(COC(=O)CCCCCCCCCCCCCCCCCCCCCCC)COC(OCC[N+](C)(C)C)C(=O)[O-]. The number of allylic oxidation sites excluding steroid dienone is 16. The highest BCUT2D eigenvalue weighted by molar-refractivity contribution is 5.70. The molecule has 0 aromatic rings. The van der Waals surface area contributed by atoms with Crippen molar-refractivity contribution >= 4 is 17.9 Å². The number of carbonyl (C=O) groups is 3. The fourth-order valence-electron chi connectivity index (χ4n) is 8.20. The number of ether oxygens (including phenoxy) is 4. The molecule has 0 radical (unpaired) electrons. The number of rotatable bonds is 55. The summed E-state index contributed by atoms with van der Waals surface area (Å²) in [7, 11) is 5.91. The van der Waals surface area contributed by atoms with E-state index in [4.69, 9.17) is 18.9 Å². The lowest BCUT2D eigenvalue weighted by atomic mass is 10.0. The molecule has 0 saturated heterocycles. The van der Waals surface area contributed by atoms with Gasteiger partial charge in [-0.05, 0) is 77.0 Å². The molecule has 0 heterocycles. The van der Waals surface area contributed by atoms with Gasteiger partial charge in [-0.25, -0.2) is 0 Å². The van der Waals surface area contributed by atoms with Crippen LogP contribution in [0, 0.1) is 0 Å². The van der Waals surface area contributed by atoms with Crippen LogP contribution in [-0.4, -0.2) is 82.3 Å². The summed E-state index contributed by atoms with van der Waals surface area (Å²) in [5.74, 6) is -2.32. The quantitative estimate of drug-likeness (QED) is 0.0195. The van der Waals surface area contributed by atoms with Gasteiger partial charge in [-0.1, -0.05) is 252 Å². The molecule has 0 N–H and O–H groups in total. The number of carbonyl (C=O) groups excluding carboxylic acids is 3. The van der Waals surface area contributed by atoms with E-state index in [2.05, 4.69) is 111 Å². The summed E-state index contributed by atoms with van der Waals surface area (Å²) in [5, 5.41) is 11.8. The highest BCUT2D eigenvalue weighted by Gasteiger charge is 2.22. The first-order chi connectivity index (χ1) is 36.6. The first-order valence-electron chi connectivity index (χ1n) is 30.4. The maximum absolute atomic E-state index is 12.9. The Morgan fingerprint density at radius 2 is 0.760 bits per heavy atom. The molecule has 9 nitrogen and oxygen atoms in total. The molecule has 0 aromatic carbocycles. The van der Waals surface area contributed by atoms with E-state index in [1.165, 1.54) is 116 Å². The number of nitrogens with zero attached hydrogens (tertiary/aromatic N) is 1. The lowest BCUT2D eigenvalue weighted by Gasteiger charge is -2.26. The first-order valence-corrected chi connectivity index (χ1v) is 30.4. The van der Waals surface area contributed by atoms with Crippen molar-refractivity contribution in [2.45, 2.75) is 257 Å². The fraction of sp³-hybridized carbons (Fsp3) is 0.712. The van der Waals surface area contributed by atoms with Crippen LogP contribution < -0.4 is 5.11 Å². The Hall–Kier alpha value is -3.79. The predicted molar refractivity (Wildman–Crippen MR) is 315 cm³/mol. The Morgan fingerprint density at radius 1 is 0.413 bits per heavy atom. The molecule has 2 unspecified atom stereocenters. The number of carboxylic acid groups (broad SMARTS) is 1. The number of aliphatic carboxylic acids is 1. The zero-order chi connectivity index (χ0) is 54.8. The van der Waals surface area contributed by atoms with Crippen molar-refractivity contribution in [3.8, 4) is 0 Å². The zero-order valence-corrected chi connectivity index (χ0v) is 48.9. The molecule has 0 bridgehead atoms. The monoisotopic (exact) mass is 1050 g/mol. The molecule has 0 amide bonds. The molecule has 0 aliphatic carbocycles. The van der Waals surface area contributed by atoms with Gasteiger partial charge in [-0.15, -0.1) is 0 Å².